The highest BCUT2D eigenvalue weighted by Crippen LogP contribution is 2.24. The van der Waals surface area contributed by atoms with Gasteiger partial charge < -0.3 is 14.5 Å². The van der Waals surface area contributed by atoms with Crippen LogP contribution in [-0.4, -0.2) is 54.4 Å². The van der Waals surface area contributed by atoms with E-state index in [0.717, 1.165) is 30.7 Å². The lowest BCUT2D eigenvalue weighted by Gasteiger charge is -2.36. The van der Waals surface area contributed by atoms with Crippen LogP contribution in [0.3, 0.4) is 0 Å². The summed E-state index contributed by atoms with van der Waals surface area (Å²) in [4.78, 5) is 27.9. The van der Waals surface area contributed by atoms with E-state index in [9.17, 15) is 9.59 Å². The predicted octanol–water partition coefficient (Wildman–Crippen LogP) is 1.07. The Morgan fingerprint density at radius 1 is 1.29 bits per heavy atom. The Morgan fingerprint density at radius 3 is 2.90 bits per heavy atom. The van der Waals surface area contributed by atoms with E-state index in [-0.39, 0.29) is 24.4 Å². The largest absolute Gasteiger partial charge is 0.496 e. The Balaban J connectivity index is 1.67. The highest BCUT2D eigenvalue weighted by atomic mass is 16.5. The topological polar surface area (TPSA) is 49.9 Å². The van der Waals surface area contributed by atoms with Gasteiger partial charge in [0.1, 0.15) is 11.8 Å². The molecule has 21 heavy (non-hydrogen) atoms. The zero-order chi connectivity index (χ0) is 14.8. The molecule has 0 N–H and O–H groups in total. The molecule has 2 heterocycles. The van der Waals surface area contributed by atoms with Gasteiger partial charge in [0.2, 0.25) is 11.8 Å². The zero-order valence-electron chi connectivity index (χ0n) is 12.2. The van der Waals surface area contributed by atoms with Crippen molar-refractivity contribution >= 4 is 11.8 Å². The minimum atomic E-state index is -0.219. The molecule has 3 rings (SSSR count). The molecule has 1 unspecified atom stereocenters. The molecular formula is C16H20N2O3. The maximum Gasteiger partial charge on any atom is 0.245 e. The van der Waals surface area contributed by atoms with Crippen molar-refractivity contribution in [3.63, 3.8) is 0 Å². The number of para-hydroxylation sites is 1. The van der Waals surface area contributed by atoms with Crippen LogP contribution in [0.2, 0.25) is 0 Å². The lowest BCUT2D eigenvalue weighted by atomic mass is 10.1. The molecule has 5 nitrogen and oxygen atoms in total. The van der Waals surface area contributed by atoms with Crippen molar-refractivity contribution < 1.29 is 14.3 Å². The van der Waals surface area contributed by atoms with E-state index in [1.54, 1.807) is 16.9 Å². The summed E-state index contributed by atoms with van der Waals surface area (Å²) in [5, 5.41) is 0. The van der Waals surface area contributed by atoms with Gasteiger partial charge in [-0.05, 0) is 30.9 Å². The number of methoxy groups -OCH3 is 1. The average Bonchev–Trinajstić information content (AvgIpc) is 3.00. The molecule has 112 valence electrons. The van der Waals surface area contributed by atoms with E-state index < -0.39 is 0 Å². The smallest absolute Gasteiger partial charge is 0.245 e. The molecule has 0 aromatic heterocycles. The number of hydrogen-bond acceptors (Lipinski definition) is 3. The Bertz CT molecular complexity index is 558. The molecule has 1 aromatic carbocycles. The van der Waals surface area contributed by atoms with Crippen molar-refractivity contribution in [3.05, 3.63) is 29.8 Å². The number of hydrogen-bond donors (Lipinski definition) is 0. The number of rotatable bonds is 4. The van der Waals surface area contributed by atoms with Crippen LogP contribution in [0.1, 0.15) is 18.4 Å². The molecule has 2 saturated heterocycles. The molecule has 2 amide bonds. The van der Waals surface area contributed by atoms with Gasteiger partial charge >= 0.3 is 0 Å². The van der Waals surface area contributed by atoms with Crippen LogP contribution >= 0.6 is 0 Å². The number of piperazine rings is 1. The minimum absolute atomic E-state index is 0.0807. The molecule has 1 atom stereocenters. The van der Waals surface area contributed by atoms with Crippen molar-refractivity contribution in [1.82, 2.24) is 9.80 Å². The van der Waals surface area contributed by atoms with Gasteiger partial charge in [-0.2, -0.15) is 0 Å². The highest BCUT2D eigenvalue weighted by molar-refractivity contribution is 5.95. The summed E-state index contributed by atoms with van der Waals surface area (Å²) in [5.41, 5.74) is 1.06. The van der Waals surface area contributed by atoms with Crippen molar-refractivity contribution in [1.29, 1.82) is 0 Å². The molecule has 0 aliphatic carbocycles. The van der Waals surface area contributed by atoms with Gasteiger partial charge in [-0.3, -0.25) is 9.59 Å². The van der Waals surface area contributed by atoms with Crippen molar-refractivity contribution in [2.45, 2.75) is 25.3 Å². The van der Waals surface area contributed by atoms with Crippen LogP contribution in [-0.2, 0) is 16.0 Å². The third-order valence-corrected chi connectivity index (χ3v) is 4.34. The fourth-order valence-electron chi connectivity index (χ4n) is 3.22. The molecule has 0 spiro atoms. The van der Waals surface area contributed by atoms with Crippen molar-refractivity contribution in [2.24, 2.45) is 0 Å². The molecule has 0 saturated carbocycles. The third kappa shape index (κ3) is 2.60. The second-order valence-electron chi connectivity index (χ2n) is 5.57. The lowest BCUT2D eigenvalue weighted by molar-refractivity contribution is -0.153. The van der Waals surface area contributed by atoms with Crippen LogP contribution < -0.4 is 4.74 Å². The van der Waals surface area contributed by atoms with Gasteiger partial charge in [0.15, 0.2) is 0 Å². The normalized spacial score (nSPS) is 21.7. The Labute approximate surface area is 124 Å². The van der Waals surface area contributed by atoms with E-state index in [1.165, 1.54) is 0 Å². The van der Waals surface area contributed by atoms with Gasteiger partial charge in [-0.25, -0.2) is 0 Å². The molecule has 0 bridgehead atoms. The van der Waals surface area contributed by atoms with E-state index >= 15 is 0 Å². The summed E-state index contributed by atoms with van der Waals surface area (Å²) in [7, 11) is 1.64. The fourth-order valence-corrected chi connectivity index (χ4v) is 3.22. The Morgan fingerprint density at radius 2 is 2.10 bits per heavy atom. The Kier molecular flexibility index (Phi) is 3.82. The lowest BCUT2D eigenvalue weighted by Crippen LogP contribution is -2.57. The molecule has 2 aliphatic heterocycles. The number of nitrogens with zero attached hydrogens (tertiary/aromatic N) is 2. The summed E-state index contributed by atoms with van der Waals surface area (Å²) in [6.07, 6.45) is 2.44. The molecular weight excluding hydrogens is 268 g/mol. The minimum Gasteiger partial charge on any atom is -0.496 e. The fraction of sp³-hybridized carbons (Fsp3) is 0.500. The number of carbonyl (C=O) groups is 2. The SMILES string of the molecule is COc1ccccc1CCN1CC(=O)N2CCCC2C1=O. The number of benzene rings is 1. The van der Waals surface area contributed by atoms with E-state index in [0.29, 0.717) is 13.0 Å². The number of fused-ring (bicyclic) bond motifs is 1. The van der Waals surface area contributed by atoms with Crippen LogP contribution in [0, 0.1) is 0 Å². The van der Waals surface area contributed by atoms with E-state index in [2.05, 4.69) is 0 Å². The van der Waals surface area contributed by atoms with Crippen LogP contribution in [0.25, 0.3) is 0 Å². The Hall–Kier alpha value is -2.04. The van der Waals surface area contributed by atoms with Crippen molar-refractivity contribution in [2.75, 3.05) is 26.7 Å². The average molecular weight is 288 g/mol. The van der Waals surface area contributed by atoms with Gasteiger partial charge in [-0.15, -0.1) is 0 Å². The molecule has 5 heteroatoms. The van der Waals surface area contributed by atoms with E-state index in [4.69, 9.17) is 4.74 Å². The third-order valence-electron chi connectivity index (χ3n) is 4.34. The van der Waals surface area contributed by atoms with Gasteiger partial charge in [0, 0.05) is 13.1 Å². The predicted molar refractivity (Wildman–Crippen MR) is 78.0 cm³/mol. The quantitative estimate of drug-likeness (QED) is 0.833. The summed E-state index contributed by atoms with van der Waals surface area (Å²) in [6, 6.07) is 7.58. The maximum absolute atomic E-state index is 12.4. The number of carbonyl (C=O) groups excluding carboxylic acids is 2. The maximum atomic E-state index is 12.4. The van der Waals surface area contributed by atoms with E-state index in [1.807, 2.05) is 24.3 Å². The van der Waals surface area contributed by atoms with Crippen molar-refractivity contribution in [3.8, 4) is 5.75 Å². The molecule has 2 fully saturated rings. The second kappa shape index (κ2) is 5.76. The van der Waals surface area contributed by atoms with Crippen LogP contribution in [0.4, 0.5) is 0 Å². The van der Waals surface area contributed by atoms with Gasteiger partial charge in [-0.1, -0.05) is 18.2 Å². The summed E-state index contributed by atoms with van der Waals surface area (Å²) >= 11 is 0. The summed E-state index contributed by atoms with van der Waals surface area (Å²) in [6.45, 7) is 1.51. The standard InChI is InChI=1S/C16H20N2O3/c1-21-14-7-3-2-5-12(14)8-10-17-11-15(19)18-9-4-6-13(18)16(17)20/h2-3,5,7,13H,4,6,8-11H2,1H3. The zero-order valence-corrected chi connectivity index (χ0v) is 12.2. The number of amides is 2. The van der Waals surface area contributed by atoms with Crippen LogP contribution in [0.15, 0.2) is 24.3 Å². The molecule has 1 aromatic rings. The first-order chi connectivity index (χ1) is 10.2. The highest BCUT2D eigenvalue weighted by Gasteiger charge is 2.41. The van der Waals surface area contributed by atoms with Gasteiger partial charge in [0.05, 0.1) is 13.7 Å². The van der Waals surface area contributed by atoms with Gasteiger partial charge in [0.25, 0.3) is 0 Å². The van der Waals surface area contributed by atoms with Crippen LogP contribution in [0.5, 0.6) is 5.75 Å². The monoisotopic (exact) mass is 288 g/mol. The first-order valence-corrected chi connectivity index (χ1v) is 7.41. The first kappa shape index (κ1) is 13.9. The second-order valence-corrected chi connectivity index (χ2v) is 5.57. The first-order valence-electron chi connectivity index (χ1n) is 7.41. The molecule has 0 radical (unpaired) electrons. The number of ether oxygens (including phenoxy) is 1. The summed E-state index contributed by atoms with van der Waals surface area (Å²) < 4.78 is 5.32. The molecule has 2 aliphatic rings. The summed E-state index contributed by atoms with van der Waals surface area (Å²) in [5.74, 6) is 1.01.